The summed E-state index contributed by atoms with van der Waals surface area (Å²) in [6.07, 6.45) is 2.84. The van der Waals surface area contributed by atoms with Gasteiger partial charge >= 0.3 is 0 Å². The number of halogens is 3. The summed E-state index contributed by atoms with van der Waals surface area (Å²) < 4.78 is 55.7. The number of nitrogens with one attached hydrogen (secondary N) is 1. The lowest BCUT2D eigenvalue weighted by Gasteiger charge is -2.36. The quantitative estimate of drug-likeness (QED) is 0.474. The van der Waals surface area contributed by atoms with Crippen LogP contribution in [0.3, 0.4) is 0 Å². The van der Waals surface area contributed by atoms with Crippen molar-refractivity contribution in [3.8, 4) is 0 Å². The van der Waals surface area contributed by atoms with Crippen LogP contribution in [0.1, 0.15) is 70.8 Å². The van der Waals surface area contributed by atoms with E-state index >= 15 is 0 Å². The summed E-state index contributed by atoms with van der Waals surface area (Å²) in [6, 6.07) is 9.38. The first-order chi connectivity index (χ1) is 20.7. The molecule has 0 aromatic heterocycles. The third-order valence-corrected chi connectivity index (χ3v) is 10.1. The molecule has 2 saturated heterocycles. The zero-order chi connectivity index (χ0) is 31.9. The molecule has 1 atom stereocenters. The smallest absolute Gasteiger partial charge is 0.270 e. The largest absolute Gasteiger partial charge is 0.387 e. The van der Waals surface area contributed by atoms with Crippen molar-refractivity contribution in [2.45, 2.75) is 63.5 Å². The van der Waals surface area contributed by atoms with Crippen molar-refractivity contribution >= 4 is 34.7 Å². The van der Waals surface area contributed by atoms with Crippen LogP contribution in [0, 0.1) is 13.8 Å². The number of aliphatic hydroxyl groups is 1. The van der Waals surface area contributed by atoms with Crippen molar-refractivity contribution in [1.82, 2.24) is 14.5 Å². The van der Waals surface area contributed by atoms with E-state index in [0.29, 0.717) is 37.1 Å². The summed E-state index contributed by atoms with van der Waals surface area (Å²) in [5, 5.41) is 14.5. The van der Waals surface area contributed by atoms with Gasteiger partial charge in [0.25, 0.3) is 17.7 Å². The summed E-state index contributed by atoms with van der Waals surface area (Å²) in [5.41, 5.74) is 0.906. The summed E-state index contributed by atoms with van der Waals surface area (Å²) in [7, 11) is -1.48. The van der Waals surface area contributed by atoms with Crippen LogP contribution < -0.4 is 5.32 Å². The molecule has 12 heteroatoms. The number of rotatable bonds is 7. The third-order valence-electron chi connectivity index (χ3n) is 8.85. The van der Waals surface area contributed by atoms with E-state index in [4.69, 9.17) is 0 Å². The van der Waals surface area contributed by atoms with E-state index in [9.17, 15) is 32.1 Å². The molecule has 5 rings (SSSR count). The Morgan fingerprint density at radius 3 is 2.32 bits per heavy atom. The lowest BCUT2D eigenvalue weighted by Crippen LogP contribution is -2.49. The van der Waals surface area contributed by atoms with Crippen LogP contribution in [0.15, 0.2) is 46.8 Å². The Morgan fingerprint density at radius 1 is 1.09 bits per heavy atom. The number of aryl methyl sites for hydroxylation is 2. The van der Waals surface area contributed by atoms with Gasteiger partial charge in [-0.25, -0.2) is 21.7 Å². The second-order valence-corrected chi connectivity index (χ2v) is 13.4. The minimum Gasteiger partial charge on any atom is -0.387 e. The number of hydrogen-bond acceptors (Lipinski definition) is 5. The van der Waals surface area contributed by atoms with E-state index in [1.54, 1.807) is 38.9 Å². The third kappa shape index (κ3) is 6.52. The highest BCUT2D eigenvalue weighted by molar-refractivity contribution is 7.85. The molecule has 0 aliphatic carbocycles. The van der Waals surface area contributed by atoms with Crippen molar-refractivity contribution < 1.29 is 32.1 Å². The molecule has 2 aromatic rings. The minimum atomic E-state index is -3.02. The van der Waals surface area contributed by atoms with E-state index in [-0.39, 0.29) is 49.1 Å². The monoisotopic (exact) mass is 630 g/mol. The molecule has 3 aliphatic rings. The number of hydrogen-bond donors (Lipinski definition) is 2. The number of nitrogens with zero attached hydrogens (tertiary/aromatic N) is 3. The molecule has 3 aliphatic heterocycles. The lowest BCUT2D eigenvalue weighted by atomic mass is 9.89. The van der Waals surface area contributed by atoms with E-state index < -0.39 is 34.7 Å². The number of piperidine rings is 2. The molecule has 44 heavy (non-hydrogen) atoms. The maximum Gasteiger partial charge on any atom is 0.270 e. The van der Waals surface area contributed by atoms with Gasteiger partial charge in [-0.05, 0) is 80.5 Å². The summed E-state index contributed by atoms with van der Waals surface area (Å²) in [5.74, 6) is -3.21. The second kappa shape index (κ2) is 12.2. The average Bonchev–Trinajstić information content (AvgIpc) is 3.31. The van der Waals surface area contributed by atoms with E-state index in [0.717, 1.165) is 23.6 Å². The van der Waals surface area contributed by atoms with Crippen molar-refractivity contribution in [2.24, 2.45) is 4.99 Å². The van der Waals surface area contributed by atoms with Gasteiger partial charge in [0.2, 0.25) is 0 Å². The van der Waals surface area contributed by atoms with Crippen LogP contribution in [-0.4, -0.2) is 80.2 Å². The predicted octanol–water partition coefficient (Wildman–Crippen LogP) is 4.40. The normalized spacial score (nSPS) is 21.0. The van der Waals surface area contributed by atoms with Crippen LogP contribution in [0.2, 0.25) is 0 Å². The zero-order valence-electron chi connectivity index (χ0n) is 25.0. The van der Waals surface area contributed by atoms with Gasteiger partial charge in [-0.2, -0.15) is 0 Å². The molecule has 3 heterocycles. The molecule has 8 nitrogen and oxygen atoms in total. The number of amides is 2. The fourth-order valence-electron chi connectivity index (χ4n) is 5.98. The Labute approximate surface area is 257 Å². The average molecular weight is 631 g/mol. The standard InChI is InChI=1S/C32H37F3N4O4S/c1-21-17-24(28(40)38-12-8-31(42,20-33)9-13-38)18-22(2)26(21)7-16-44(43)39-14-10-32(11-15-39)29(41)36-27(37-32)23-5-4-6-25(19-23)30(3,34)35/h4-7,16-19,42H,8-15,20H2,1-3H3,(H,36,37,41)/b16-7+. The molecule has 236 valence electrons. The highest BCUT2D eigenvalue weighted by Crippen LogP contribution is 2.33. The zero-order valence-corrected chi connectivity index (χ0v) is 25.9. The van der Waals surface area contributed by atoms with E-state index in [1.807, 2.05) is 13.8 Å². The van der Waals surface area contributed by atoms with Crippen LogP contribution in [0.4, 0.5) is 13.2 Å². The first-order valence-corrected chi connectivity index (χ1v) is 15.8. The first-order valence-electron chi connectivity index (χ1n) is 14.7. The van der Waals surface area contributed by atoms with Gasteiger partial charge < -0.3 is 15.3 Å². The summed E-state index contributed by atoms with van der Waals surface area (Å²) >= 11 is 0. The first kappa shape index (κ1) is 32.1. The molecular weight excluding hydrogens is 593 g/mol. The Hall–Kier alpha value is -3.35. The summed E-state index contributed by atoms with van der Waals surface area (Å²) in [4.78, 5) is 32.3. The lowest BCUT2D eigenvalue weighted by molar-refractivity contribution is -0.124. The second-order valence-electron chi connectivity index (χ2n) is 12.1. The molecule has 1 unspecified atom stereocenters. The molecule has 0 radical (unpaired) electrons. The van der Waals surface area contributed by atoms with Gasteiger partial charge in [-0.1, -0.05) is 18.2 Å². The highest BCUT2D eigenvalue weighted by Gasteiger charge is 2.46. The van der Waals surface area contributed by atoms with Gasteiger partial charge in [0, 0.05) is 55.2 Å². The Balaban J connectivity index is 1.22. The number of alkyl halides is 3. The van der Waals surface area contributed by atoms with Gasteiger partial charge in [0.15, 0.2) is 0 Å². The number of aliphatic imine (C=N–C) groups is 1. The Morgan fingerprint density at radius 2 is 1.73 bits per heavy atom. The SMILES string of the molecule is Cc1cc(C(=O)N2CCC(O)(CF)CC2)cc(C)c1/C=C/S(=O)N1CCC2(CC1)N=C(c1cccc(C(C)(F)F)c1)NC2=O. The van der Waals surface area contributed by atoms with Gasteiger partial charge in [0.05, 0.1) is 5.60 Å². The van der Waals surface area contributed by atoms with E-state index in [1.165, 1.54) is 18.2 Å². The number of amidine groups is 1. The van der Waals surface area contributed by atoms with Gasteiger partial charge in [0.1, 0.15) is 29.0 Å². The minimum absolute atomic E-state index is 0.160. The molecule has 0 saturated carbocycles. The van der Waals surface area contributed by atoms with Crippen LogP contribution in [0.25, 0.3) is 6.08 Å². The fourth-order valence-corrected chi connectivity index (χ4v) is 6.95. The number of carbonyl (C=O) groups is 2. The van der Waals surface area contributed by atoms with Crippen molar-refractivity contribution in [2.75, 3.05) is 32.9 Å². The maximum absolute atomic E-state index is 13.8. The fraction of sp³-hybridized carbons (Fsp3) is 0.469. The Bertz CT molecular complexity index is 1520. The molecular formula is C32H37F3N4O4S. The number of likely N-dealkylation sites (tertiary alicyclic amines) is 1. The highest BCUT2D eigenvalue weighted by atomic mass is 32.2. The van der Waals surface area contributed by atoms with Crippen molar-refractivity contribution in [3.63, 3.8) is 0 Å². The molecule has 0 bridgehead atoms. The van der Waals surface area contributed by atoms with Crippen LogP contribution >= 0.6 is 0 Å². The van der Waals surface area contributed by atoms with Gasteiger partial charge in [-0.3, -0.25) is 14.6 Å². The van der Waals surface area contributed by atoms with Crippen LogP contribution in [-0.2, 0) is 21.7 Å². The molecule has 2 N–H and O–H groups in total. The number of carbonyl (C=O) groups excluding carboxylic acids is 2. The van der Waals surface area contributed by atoms with Gasteiger partial charge in [-0.15, -0.1) is 0 Å². The summed E-state index contributed by atoms with van der Waals surface area (Å²) in [6.45, 7) is 5.03. The molecule has 2 amide bonds. The molecule has 1 spiro atoms. The van der Waals surface area contributed by atoms with Crippen LogP contribution in [0.5, 0.6) is 0 Å². The predicted molar refractivity (Wildman–Crippen MR) is 163 cm³/mol. The Kier molecular flexibility index (Phi) is 8.90. The van der Waals surface area contributed by atoms with Crippen molar-refractivity contribution in [1.29, 1.82) is 0 Å². The number of benzene rings is 2. The van der Waals surface area contributed by atoms with Crippen molar-refractivity contribution in [3.05, 3.63) is 75.2 Å². The van der Waals surface area contributed by atoms with E-state index in [2.05, 4.69) is 10.3 Å². The molecule has 2 aromatic carbocycles. The topological polar surface area (TPSA) is 102 Å². The molecule has 2 fully saturated rings. The maximum atomic E-state index is 13.8.